The molecule has 3 saturated heterocycles. The fourth-order valence-electron chi connectivity index (χ4n) is 12.3. The van der Waals surface area contributed by atoms with E-state index in [1.807, 2.05) is 0 Å². The zero-order valence-corrected chi connectivity index (χ0v) is 42.9. The maximum absolute atomic E-state index is 7.81. The number of epoxide rings is 1. The number of benzene rings is 2. The van der Waals surface area contributed by atoms with Crippen LogP contribution in [0.15, 0.2) is 72.3 Å². The van der Waals surface area contributed by atoms with Crippen LogP contribution in [0.3, 0.4) is 0 Å². The van der Waals surface area contributed by atoms with E-state index in [1.165, 1.54) is 15.9 Å². The SMILES string of the molecule is CC[Si](CC)(CC)OCC12C[C@]3(CCO[Si](c4ccccc4)(c4ccccc4)C(C)(C)C)C4=C[C@H](CCOCOCCOC)[C@H]5CCO[C@]4(OC3O[Si](CC)(CC)CC)[C@H]5C1O2. The Labute approximate surface area is 377 Å². The maximum Gasteiger partial charge on any atom is 0.261 e. The topological polar surface area (TPSA) is 86.4 Å². The molecule has 1 spiro atoms. The Morgan fingerprint density at radius 2 is 1.34 bits per heavy atom. The molecule has 3 unspecified atom stereocenters. The third kappa shape index (κ3) is 8.64. The number of hydrogen-bond acceptors (Lipinski definition) is 9. The smallest absolute Gasteiger partial charge is 0.261 e. The van der Waals surface area contributed by atoms with Crippen molar-refractivity contribution in [2.75, 3.05) is 53.5 Å². The van der Waals surface area contributed by atoms with Crippen molar-refractivity contribution in [1.82, 2.24) is 0 Å². The predicted octanol–water partition coefficient (Wildman–Crippen LogP) is 9.81. The second-order valence-electron chi connectivity index (χ2n) is 20.0. The summed E-state index contributed by atoms with van der Waals surface area (Å²) in [5.74, 6) is -0.306. The first-order valence-electron chi connectivity index (χ1n) is 24.3. The molecule has 8 atom stereocenters. The summed E-state index contributed by atoms with van der Waals surface area (Å²) in [7, 11) is -5.33. The zero-order chi connectivity index (χ0) is 44.3. The Bertz CT molecular complexity index is 1710. The van der Waals surface area contributed by atoms with Gasteiger partial charge in [-0.15, -0.1) is 0 Å². The first kappa shape index (κ1) is 48.4. The molecular weight excluding hydrogens is 829 g/mol. The lowest BCUT2D eigenvalue weighted by molar-refractivity contribution is -0.309. The molecule has 4 fully saturated rings. The van der Waals surface area contributed by atoms with E-state index in [9.17, 15) is 0 Å². The van der Waals surface area contributed by atoms with Gasteiger partial charge in [0.05, 0.1) is 50.5 Å². The highest BCUT2D eigenvalue weighted by Gasteiger charge is 2.81. The van der Waals surface area contributed by atoms with E-state index in [2.05, 4.69) is 129 Å². The van der Waals surface area contributed by atoms with Crippen LogP contribution < -0.4 is 10.4 Å². The van der Waals surface area contributed by atoms with Gasteiger partial charge in [-0.2, -0.15) is 0 Å². The van der Waals surface area contributed by atoms with Gasteiger partial charge in [0.1, 0.15) is 12.4 Å². The van der Waals surface area contributed by atoms with Crippen molar-refractivity contribution in [2.24, 2.45) is 23.2 Å². The van der Waals surface area contributed by atoms with E-state index in [0.717, 1.165) is 61.9 Å². The van der Waals surface area contributed by atoms with Gasteiger partial charge < -0.3 is 41.7 Å². The van der Waals surface area contributed by atoms with Crippen LogP contribution in [-0.4, -0.2) is 102 Å². The predicted molar refractivity (Wildman–Crippen MR) is 254 cm³/mol. The zero-order valence-electron chi connectivity index (χ0n) is 39.9. The van der Waals surface area contributed by atoms with Crippen molar-refractivity contribution >= 4 is 35.3 Å². The van der Waals surface area contributed by atoms with E-state index in [1.54, 1.807) is 7.11 Å². The number of rotatable bonds is 25. The number of allylic oxidation sites excluding steroid dienone is 1. The molecule has 5 aliphatic rings. The molecule has 2 aromatic rings. The largest absolute Gasteiger partial charge is 0.414 e. The minimum atomic E-state index is -2.86. The highest BCUT2D eigenvalue weighted by molar-refractivity contribution is 6.99. The fourth-order valence-corrected chi connectivity index (χ4v) is 22.2. The standard InChI is InChI=1S/C50H80O9Si3/c1-11-60(12-2,13-3)56-37-49-36-48(29-32-55-62(47(7,8)9,40-23-19-17-20-24-40)41-25-21-18-22-26-41)43-35-39(27-30-52-38-53-34-33-51-10)42-28-31-54-50(43,44(42)45(49)57-49)58-46(48)59-61(14-4,15-5)16-6/h17-26,35,39,42,44-46H,11-16,27-34,36-38H2,1-10H3/t39-,42+,44+,45?,46?,48+,49?,50+/m0/s1. The van der Waals surface area contributed by atoms with Crippen molar-refractivity contribution in [3.63, 3.8) is 0 Å². The Hall–Kier alpha value is -1.53. The molecule has 2 aromatic carbocycles. The molecule has 12 heteroatoms. The first-order chi connectivity index (χ1) is 29.9. The van der Waals surface area contributed by atoms with Crippen LogP contribution in [-0.2, 0) is 41.7 Å². The van der Waals surface area contributed by atoms with Crippen LogP contribution in [0.1, 0.15) is 88.0 Å². The van der Waals surface area contributed by atoms with Crippen molar-refractivity contribution in [2.45, 2.75) is 153 Å². The van der Waals surface area contributed by atoms with Gasteiger partial charge in [0.2, 0.25) is 0 Å². The lowest BCUT2D eigenvalue weighted by Gasteiger charge is -2.51. The average Bonchev–Trinajstić information content (AvgIpc) is 3.93. The fraction of sp³-hybridized carbons (Fsp3) is 0.720. The quantitative estimate of drug-likeness (QED) is 0.0318. The minimum Gasteiger partial charge on any atom is -0.414 e. The average molecular weight is 909 g/mol. The third-order valence-corrected chi connectivity index (χ3v) is 30.6. The summed E-state index contributed by atoms with van der Waals surface area (Å²) in [5.41, 5.74) is 0.255. The van der Waals surface area contributed by atoms with Gasteiger partial charge in [0.25, 0.3) is 8.32 Å². The lowest BCUT2D eigenvalue weighted by atomic mass is 9.61. The minimum absolute atomic E-state index is 0.0257. The van der Waals surface area contributed by atoms with E-state index >= 15 is 0 Å². The molecule has 7 rings (SSSR count). The molecule has 5 bridgehead atoms. The van der Waals surface area contributed by atoms with Gasteiger partial charge >= 0.3 is 0 Å². The molecule has 346 valence electrons. The summed E-state index contributed by atoms with van der Waals surface area (Å²) in [6, 6.07) is 28.5. The molecular formula is C50H80O9Si3. The van der Waals surface area contributed by atoms with Gasteiger partial charge in [-0.1, -0.05) is 129 Å². The van der Waals surface area contributed by atoms with E-state index in [-0.39, 0.29) is 29.8 Å². The van der Waals surface area contributed by atoms with Crippen LogP contribution >= 0.6 is 0 Å². The number of fused-ring (bicyclic) bond motifs is 1. The lowest BCUT2D eigenvalue weighted by Crippen LogP contribution is -2.66. The van der Waals surface area contributed by atoms with Crippen molar-refractivity contribution < 1.29 is 41.7 Å². The van der Waals surface area contributed by atoms with Crippen LogP contribution in [0.25, 0.3) is 0 Å². The Morgan fingerprint density at radius 1 is 0.726 bits per heavy atom. The Morgan fingerprint density at radius 3 is 1.92 bits per heavy atom. The number of methoxy groups -OCH3 is 1. The van der Waals surface area contributed by atoms with E-state index < -0.39 is 48.0 Å². The molecule has 1 saturated carbocycles. The summed E-state index contributed by atoms with van der Waals surface area (Å²) >= 11 is 0. The van der Waals surface area contributed by atoms with Gasteiger partial charge in [-0.05, 0) is 94.8 Å². The molecule has 3 heterocycles. The molecule has 0 N–H and O–H groups in total. The molecule has 0 aromatic heterocycles. The van der Waals surface area contributed by atoms with Crippen molar-refractivity contribution in [1.29, 1.82) is 0 Å². The van der Waals surface area contributed by atoms with Crippen LogP contribution in [0.5, 0.6) is 0 Å². The Kier molecular flexibility index (Phi) is 15.4. The molecule has 0 amide bonds. The molecule has 2 aliphatic carbocycles. The Balaban J connectivity index is 1.35. The normalized spacial score (nSPS) is 30.5. The highest BCUT2D eigenvalue weighted by atomic mass is 28.4. The van der Waals surface area contributed by atoms with Crippen LogP contribution in [0.4, 0.5) is 0 Å². The van der Waals surface area contributed by atoms with Crippen molar-refractivity contribution in [3.05, 3.63) is 72.3 Å². The number of hydrogen-bond donors (Lipinski definition) is 0. The summed E-state index contributed by atoms with van der Waals surface area (Å²) in [4.78, 5) is 0. The van der Waals surface area contributed by atoms with Gasteiger partial charge in [-0.25, -0.2) is 0 Å². The van der Waals surface area contributed by atoms with Gasteiger partial charge in [0, 0.05) is 13.7 Å². The van der Waals surface area contributed by atoms with Gasteiger partial charge in [0.15, 0.2) is 28.7 Å². The van der Waals surface area contributed by atoms with Crippen LogP contribution in [0, 0.1) is 23.2 Å². The molecule has 62 heavy (non-hydrogen) atoms. The molecule has 9 nitrogen and oxygen atoms in total. The monoisotopic (exact) mass is 909 g/mol. The van der Waals surface area contributed by atoms with E-state index in [0.29, 0.717) is 45.6 Å². The molecule has 3 aliphatic heterocycles. The second kappa shape index (κ2) is 19.7. The summed E-state index contributed by atoms with van der Waals surface area (Å²) < 4.78 is 62.1. The number of ether oxygens (including phenoxy) is 6. The summed E-state index contributed by atoms with van der Waals surface area (Å²) in [6.45, 7) is 24.8. The van der Waals surface area contributed by atoms with Gasteiger partial charge in [-0.3, -0.25) is 0 Å². The maximum atomic E-state index is 7.81. The summed E-state index contributed by atoms with van der Waals surface area (Å²) in [6.07, 6.45) is 5.40. The highest BCUT2D eigenvalue weighted by Crippen LogP contribution is 2.73. The molecule has 0 radical (unpaired) electrons. The summed E-state index contributed by atoms with van der Waals surface area (Å²) in [5, 5.41) is 2.42. The third-order valence-electron chi connectivity index (χ3n) is 16.3. The second-order valence-corrected chi connectivity index (χ2v) is 33.8. The van der Waals surface area contributed by atoms with Crippen LogP contribution in [0.2, 0.25) is 41.3 Å². The first-order valence-corrected chi connectivity index (χ1v) is 31.3. The van der Waals surface area contributed by atoms with Crippen molar-refractivity contribution in [3.8, 4) is 0 Å². The van der Waals surface area contributed by atoms with E-state index in [4.69, 9.17) is 41.7 Å².